The van der Waals surface area contributed by atoms with Crippen molar-refractivity contribution in [2.75, 3.05) is 6.54 Å². The SMILES string of the molecule is CCNCc1cc(Br)cnc1-n1nc(C)c(Br)c1C. The molecule has 0 saturated carbocycles. The molecule has 6 heteroatoms. The van der Waals surface area contributed by atoms with Gasteiger partial charge in [-0.05, 0) is 58.3 Å². The summed E-state index contributed by atoms with van der Waals surface area (Å²) in [6.45, 7) is 7.80. The number of halogens is 2. The third-order valence-electron chi connectivity index (χ3n) is 2.88. The van der Waals surface area contributed by atoms with Crippen molar-refractivity contribution in [1.29, 1.82) is 0 Å². The lowest BCUT2D eigenvalue weighted by Gasteiger charge is -2.11. The van der Waals surface area contributed by atoms with Crippen LogP contribution in [0.4, 0.5) is 0 Å². The standard InChI is InChI=1S/C13H16Br2N4/c1-4-16-6-10-5-11(14)7-17-13(10)19-9(3)12(15)8(2)18-19/h5,7,16H,4,6H2,1-3H3. The van der Waals surface area contributed by atoms with Gasteiger partial charge in [-0.3, -0.25) is 0 Å². The molecule has 102 valence electrons. The average molecular weight is 388 g/mol. The zero-order valence-electron chi connectivity index (χ0n) is 11.2. The summed E-state index contributed by atoms with van der Waals surface area (Å²) in [5.74, 6) is 0.871. The Kier molecular flexibility index (Phi) is 4.76. The highest BCUT2D eigenvalue weighted by Gasteiger charge is 2.14. The van der Waals surface area contributed by atoms with Crippen molar-refractivity contribution >= 4 is 31.9 Å². The highest BCUT2D eigenvalue weighted by Crippen LogP contribution is 2.24. The van der Waals surface area contributed by atoms with Crippen LogP contribution in [0.2, 0.25) is 0 Å². The Bertz CT molecular complexity index is 593. The number of nitrogens with zero attached hydrogens (tertiary/aromatic N) is 3. The van der Waals surface area contributed by atoms with Gasteiger partial charge < -0.3 is 5.32 Å². The van der Waals surface area contributed by atoms with Gasteiger partial charge in [-0.15, -0.1) is 0 Å². The van der Waals surface area contributed by atoms with E-state index < -0.39 is 0 Å². The third-order valence-corrected chi connectivity index (χ3v) is 4.46. The van der Waals surface area contributed by atoms with Crippen molar-refractivity contribution in [1.82, 2.24) is 20.1 Å². The van der Waals surface area contributed by atoms with Crippen molar-refractivity contribution in [3.05, 3.63) is 38.2 Å². The van der Waals surface area contributed by atoms with E-state index in [-0.39, 0.29) is 0 Å². The molecule has 0 bridgehead atoms. The number of hydrogen-bond acceptors (Lipinski definition) is 3. The first-order valence-corrected chi connectivity index (χ1v) is 7.70. The van der Waals surface area contributed by atoms with E-state index in [4.69, 9.17) is 0 Å². The van der Waals surface area contributed by atoms with E-state index in [2.05, 4.69) is 60.2 Å². The molecule has 0 atom stereocenters. The zero-order chi connectivity index (χ0) is 14.0. The summed E-state index contributed by atoms with van der Waals surface area (Å²) in [4.78, 5) is 4.51. The molecule has 2 aromatic rings. The van der Waals surface area contributed by atoms with Gasteiger partial charge in [0.2, 0.25) is 0 Å². The molecule has 4 nitrogen and oxygen atoms in total. The third kappa shape index (κ3) is 3.07. The van der Waals surface area contributed by atoms with E-state index in [0.29, 0.717) is 0 Å². The van der Waals surface area contributed by atoms with Gasteiger partial charge >= 0.3 is 0 Å². The number of aromatic nitrogens is 3. The molecule has 0 aliphatic rings. The Labute approximate surface area is 129 Å². The molecule has 0 radical (unpaired) electrons. The Balaban J connectivity index is 2.51. The van der Waals surface area contributed by atoms with Gasteiger partial charge in [-0.1, -0.05) is 6.92 Å². The Morgan fingerprint density at radius 2 is 2.05 bits per heavy atom. The van der Waals surface area contributed by atoms with Gasteiger partial charge in [0.05, 0.1) is 15.9 Å². The maximum atomic E-state index is 4.54. The van der Waals surface area contributed by atoms with Crippen LogP contribution in [-0.2, 0) is 6.54 Å². The molecule has 0 fully saturated rings. The topological polar surface area (TPSA) is 42.7 Å². The average Bonchev–Trinajstić information content (AvgIpc) is 2.64. The molecular weight excluding hydrogens is 372 g/mol. The molecule has 19 heavy (non-hydrogen) atoms. The minimum absolute atomic E-state index is 0.772. The van der Waals surface area contributed by atoms with Crippen molar-refractivity contribution in [2.24, 2.45) is 0 Å². The fraction of sp³-hybridized carbons (Fsp3) is 0.385. The number of aryl methyl sites for hydroxylation is 1. The van der Waals surface area contributed by atoms with Crippen LogP contribution in [-0.4, -0.2) is 21.3 Å². The Hall–Kier alpha value is -0.720. The van der Waals surface area contributed by atoms with Gasteiger partial charge in [0.1, 0.15) is 0 Å². The first kappa shape index (κ1) is 14.7. The second-order valence-electron chi connectivity index (χ2n) is 4.31. The highest BCUT2D eigenvalue weighted by atomic mass is 79.9. The predicted molar refractivity (Wildman–Crippen MR) is 83.6 cm³/mol. The van der Waals surface area contributed by atoms with E-state index in [1.54, 1.807) is 6.20 Å². The molecule has 2 rings (SSSR count). The quantitative estimate of drug-likeness (QED) is 0.872. The minimum Gasteiger partial charge on any atom is -0.313 e. The molecular formula is C13H16Br2N4. The van der Waals surface area contributed by atoms with E-state index in [0.717, 1.165) is 44.8 Å². The smallest absolute Gasteiger partial charge is 0.158 e. The molecule has 0 aliphatic heterocycles. The number of rotatable bonds is 4. The van der Waals surface area contributed by atoms with Crippen LogP contribution < -0.4 is 5.32 Å². The largest absolute Gasteiger partial charge is 0.313 e. The predicted octanol–water partition coefficient (Wildman–Crippen LogP) is 3.52. The summed E-state index contributed by atoms with van der Waals surface area (Å²) in [7, 11) is 0. The molecule has 0 aromatic carbocycles. The molecule has 2 aromatic heterocycles. The maximum absolute atomic E-state index is 4.54. The van der Waals surface area contributed by atoms with Gasteiger partial charge in [0.15, 0.2) is 5.82 Å². The van der Waals surface area contributed by atoms with Crippen LogP contribution in [0.5, 0.6) is 0 Å². The summed E-state index contributed by atoms with van der Waals surface area (Å²) >= 11 is 7.02. The molecule has 2 heterocycles. The zero-order valence-corrected chi connectivity index (χ0v) is 14.3. The lowest BCUT2D eigenvalue weighted by molar-refractivity contribution is 0.704. The van der Waals surface area contributed by atoms with Crippen molar-refractivity contribution in [2.45, 2.75) is 27.3 Å². The van der Waals surface area contributed by atoms with Crippen molar-refractivity contribution in [3.63, 3.8) is 0 Å². The molecule has 0 amide bonds. The van der Waals surface area contributed by atoms with Crippen LogP contribution in [0.25, 0.3) is 5.82 Å². The summed E-state index contributed by atoms with van der Waals surface area (Å²) < 4.78 is 3.90. The number of nitrogens with one attached hydrogen (secondary N) is 1. The second-order valence-corrected chi connectivity index (χ2v) is 6.02. The van der Waals surface area contributed by atoms with Crippen LogP contribution in [0, 0.1) is 13.8 Å². The fourth-order valence-electron chi connectivity index (χ4n) is 1.88. The molecule has 0 saturated heterocycles. The fourth-order valence-corrected chi connectivity index (χ4v) is 2.51. The van der Waals surface area contributed by atoms with E-state index >= 15 is 0 Å². The summed E-state index contributed by atoms with van der Waals surface area (Å²) in [6.07, 6.45) is 1.80. The van der Waals surface area contributed by atoms with Gasteiger partial charge in [0, 0.05) is 22.8 Å². The first-order valence-electron chi connectivity index (χ1n) is 6.11. The Morgan fingerprint density at radius 1 is 1.32 bits per heavy atom. The Morgan fingerprint density at radius 3 is 2.63 bits per heavy atom. The molecule has 1 N–H and O–H groups in total. The first-order chi connectivity index (χ1) is 9.04. The van der Waals surface area contributed by atoms with Crippen LogP contribution in [0.15, 0.2) is 21.2 Å². The van der Waals surface area contributed by atoms with Gasteiger partial charge in [-0.2, -0.15) is 5.10 Å². The second kappa shape index (κ2) is 6.15. The maximum Gasteiger partial charge on any atom is 0.158 e. The van der Waals surface area contributed by atoms with Crippen LogP contribution in [0.3, 0.4) is 0 Å². The van der Waals surface area contributed by atoms with E-state index in [1.165, 1.54) is 0 Å². The molecule has 0 spiro atoms. The molecule has 0 unspecified atom stereocenters. The number of hydrogen-bond donors (Lipinski definition) is 1. The van der Waals surface area contributed by atoms with E-state index in [1.807, 2.05) is 18.5 Å². The lowest BCUT2D eigenvalue weighted by Crippen LogP contribution is -2.15. The minimum atomic E-state index is 0.772. The molecule has 0 aliphatic carbocycles. The number of pyridine rings is 1. The monoisotopic (exact) mass is 386 g/mol. The summed E-state index contributed by atoms with van der Waals surface area (Å²) in [5, 5.41) is 7.87. The van der Waals surface area contributed by atoms with Gasteiger partial charge in [0.25, 0.3) is 0 Å². The van der Waals surface area contributed by atoms with Crippen LogP contribution in [0.1, 0.15) is 23.9 Å². The van der Waals surface area contributed by atoms with Crippen LogP contribution >= 0.6 is 31.9 Å². The normalized spacial score (nSPS) is 11.0. The van der Waals surface area contributed by atoms with Gasteiger partial charge in [-0.25, -0.2) is 9.67 Å². The summed E-state index contributed by atoms with van der Waals surface area (Å²) in [5.41, 5.74) is 3.15. The lowest BCUT2D eigenvalue weighted by atomic mass is 10.2. The van der Waals surface area contributed by atoms with Crippen molar-refractivity contribution in [3.8, 4) is 5.82 Å². The van der Waals surface area contributed by atoms with E-state index in [9.17, 15) is 0 Å². The highest BCUT2D eigenvalue weighted by molar-refractivity contribution is 9.10. The van der Waals surface area contributed by atoms with Crippen molar-refractivity contribution < 1.29 is 0 Å². The summed E-state index contributed by atoms with van der Waals surface area (Å²) in [6, 6.07) is 2.08.